The van der Waals surface area contributed by atoms with Gasteiger partial charge in [-0.1, -0.05) is 79.6 Å². The molecule has 2 aliphatic rings. The van der Waals surface area contributed by atoms with Crippen LogP contribution in [0.2, 0.25) is 0 Å². The smallest absolute Gasteiger partial charge is 0.264 e. The van der Waals surface area contributed by atoms with Crippen molar-refractivity contribution in [2.24, 2.45) is 5.92 Å². The van der Waals surface area contributed by atoms with Gasteiger partial charge < -0.3 is 24.7 Å². The molecule has 0 saturated carbocycles. The largest absolute Gasteiger partial charge is 0.497 e. The van der Waals surface area contributed by atoms with Gasteiger partial charge in [-0.2, -0.15) is 0 Å². The van der Waals surface area contributed by atoms with Crippen LogP contribution in [0.5, 0.6) is 5.75 Å². The van der Waals surface area contributed by atoms with Gasteiger partial charge in [-0.05, 0) is 60.7 Å². The second-order valence-corrected chi connectivity index (χ2v) is 13.0. The highest BCUT2D eigenvalue weighted by molar-refractivity contribution is 6.07. The minimum atomic E-state index is -1.79. The van der Waals surface area contributed by atoms with Crippen molar-refractivity contribution in [3.63, 3.8) is 0 Å². The summed E-state index contributed by atoms with van der Waals surface area (Å²) >= 11 is 0. The summed E-state index contributed by atoms with van der Waals surface area (Å²) in [6.45, 7) is 3.31. The van der Waals surface area contributed by atoms with Gasteiger partial charge >= 0.3 is 0 Å². The second-order valence-electron chi connectivity index (χ2n) is 13.0. The van der Waals surface area contributed by atoms with E-state index in [1.807, 2.05) is 90.8 Å². The van der Waals surface area contributed by atoms with Crippen molar-refractivity contribution >= 4 is 23.2 Å². The summed E-state index contributed by atoms with van der Waals surface area (Å²) < 4.78 is 7.22. The number of ether oxygens (including phenoxy) is 1. The fraction of sp³-hybridized carbons (Fsp3) is 0.385. The van der Waals surface area contributed by atoms with Crippen molar-refractivity contribution in [2.45, 2.75) is 70.1 Å². The molecule has 1 unspecified atom stereocenters. The van der Waals surface area contributed by atoms with Crippen LogP contribution in [0.1, 0.15) is 73.8 Å². The van der Waals surface area contributed by atoms with Gasteiger partial charge in [0, 0.05) is 42.9 Å². The Bertz CT molecular complexity index is 1770. The number of methoxy groups -OCH3 is 1. The van der Waals surface area contributed by atoms with Crippen molar-refractivity contribution in [2.75, 3.05) is 30.1 Å². The van der Waals surface area contributed by atoms with Crippen LogP contribution < -0.4 is 14.5 Å². The third-order valence-electron chi connectivity index (χ3n) is 9.79. The molecule has 0 aliphatic carbocycles. The Hall–Kier alpha value is -4.80. The highest BCUT2D eigenvalue weighted by Gasteiger charge is 2.52. The average Bonchev–Trinajstić information content (AvgIpc) is 3.67. The zero-order valence-electron chi connectivity index (χ0n) is 28.2. The van der Waals surface area contributed by atoms with Crippen molar-refractivity contribution in [1.82, 2.24) is 15.0 Å². The Morgan fingerprint density at radius 3 is 2.53 bits per heavy atom. The first-order chi connectivity index (χ1) is 23.8. The van der Waals surface area contributed by atoms with Crippen LogP contribution >= 0.6 is 0 Å². The molecule has 3 atom stereocenters. The van der Waals surface area contributed by atoms with E-state index in [-0.39, 0.29) is 25.0 Å². The first kappa shape index (κ1) is 34.1. The normalized spacial score (nSPS) is 19.5. The lowest BCUT2D eigenvalue weighted by atomic mass is 9.83. The Morgan fingerprint density at radius 2 is 1.78 bits per heavy atom. The molecule has 1 fully saturated rings. The molecule has 3 aromatic carbocycles. The molecular weight excluding hydrogens is 618 g/mol. The van der Waals surface area contributed by atoms with Gasteiger partial charge in [0.1, 0.15) is 5.75 Å². The fourth-order valence-electron chi connectivity index (χ4n) is 6.89. The number of anilines is 2. The maximum absolute atomic E-state index is 14.1. The van der Waals surface area contributed by atoms with Crippen LogP contribution in [0, 0.1) is 5.92 Å². The van der Waals surface area contributed by atoms with Gasteiger partial charge in [-0.3, -0.25) is 14.3 Å². The zero-order valence-corrected chi connectivity index (χ0v) is 28.2. The molecule has 0 bridgehead atoms. The number of aliphatic hydroxyl groups is 2. The van der Waals surface area contributed by atoms with Gasteiger partial charge in [-0.15, -0.1) is 5.10 Å². The molecule has 1 aromatic heterocycles. The van der Waals surface area contributed by atoms with E-state index < -0.39 is 17.4 Å². The van der Waals surface area contributed by atoms with Crippen molar-refractivity contribution < 1.29 is 24.5 Å². The molecule has 49 heavy (non-hydrogen) atoms. The maximum Gasteiger partial charge on any atom is 0.264 e. The number of carbonyl (C=O) groups excluding carboxylic acids is 2. The fourth-order valence-corrected chi connectivity index (χ4v) is 6.89. The average molecular weight is 664 g/mol. The zero-order chi connectivity index (χ0) is 34.4. The highest BCUT2D eigenvalue weighted by Crippen LogP contribution is 2.47. The summed E-state index contributed by atoms with van der Waals surface area (Å²) in [7, 11) is 1.56. The lowest BCUT2D eigenvalue weighted by Crippen LogP contribution is -2.44. The molecule has 2 N–H and O–H groups in total. The number of aromatic nitrogens is 3. The summed E-state index contributed by atoms with van der Waals surface area (Å²) in [4.78, 5) is 30.4. The first-order valence-electron chi connectivity index (χ1n) is 17.2. The van der Waals surface area contributed by atoms with Crippen molar-refractivity contribution in [1.29, 1.82) is 0 Å². The monoisotopic (exact) mass is 663 g/mol. The SMILES string of the molecule is COc1ccc2c(c1)[C@@](O)([C@H](C)/C=C/CCn1cc(C(CO)c3ccccc3)nn1)C(=O)N2Cc1ccc(N2CCCCCCC2=O)cc1. The number of hydrogen-bond donors (Lipinski definition) is 2. The quantitative estimate of drug-likeness (QED) is 0.186. The lowest BCUT2D eigenvalue weighted by Gasteiger charge is -2.28. The van der Waals surface area contributed by atoms with Gasteiger partial charge in [0.2, 0.25) is 5.91 Å². The number of carbonyl (C=O) groups is 2. The van der Waals surface area contributed by atoms with Crippen molar-refractivity contribution in [3.05, 3.63) is 114 Å². The molecule has 3 heterocycles. The minimum absolute atomic E-state index is 0.0685. The molecule has 4 aromatic rings. The molecule has 1 saturated heterocycles. The van der Waals surface area contributed by atoms with Crippen LogP contribution in [0.15, 0.2) is 91.1 Å². The van der Waals surface area contributed by atoms with Crippen LogP contribution in [0.4, 0.5) is 11.4 Å². The molecule has 10 heteroatoms. The number of rotatable bonds is 12. The van der Waals surface area contributed by atoms with E-state index in [0.29, 0.717) is 42.1 Å². The highest BCUT2D eigenvalue weighted by atomic mass is 16.5. The molecule has 0 spiro atoms. The van der Waals surface area contributed by atoms with Crippen LogP contribution in [-0.4, -0.2) is 57.3 Å². The number of aryl methyl sites for hydroxylation is 1. The van der Waals surface area contributed by atoms with E-state index >= 15 is 0 Å². The molecular formula is C39H45N5O5. The number of fused-ring (bicyclic) bond motifs is 1. The minimum Gasteiger partial charge on any atom is -0.497 e. The molecule has 2 amide bonds. The number of aliphatic hydroxyl groups excluding tert-OH is 1. The summed E-state index contributed by atoms with van der Waals surface area (Å²) in [5.74, 6) is -0.475. The molecule has 0 radical (unpaired) electrons. The molecule has 6 rings (SSSR count). The Labute approximate surface area is 287 Å². The van der Waals surface area contributed by atoms with E-state index in [0.717, 1.165) is 49.0 Å². The third-order valence-corrected chi connectivity index (χ3v) is 9.79. The summed E-state index contributed by atoms with van der Waals surface area (Å²) in [6.07, 6.45) is 11.0. The number of nitrogens with zero attached hydrogens (tertiary/aromatic N) is 5. The number of benzene rings is 3. The molecule has 256 valence electrons. The van der Waals surface area contributed by atoms with E-state index in [2.05, 4.69) is 10.3 Å². The summed E-state index contributed by atoms with van der Waals surface area (Å²) in [6, 6.07) is 22.9. The first-order valence-corrected chi connectivity index (χ1v) is 17.2. The van der Waals surface area contributed by atoms with Gasteiger partial charge in [-0.25, -0.2) is 0 Å². The number of amides is 2. The summed E-state index contributed by atoms with van der Waals surface area (Å²) in [5.41, 5.74) is 2.80. The van der Waals surface area contributed by atoms with Gasteiger partial charge in [0.05, 0.1) is 37.6 Å². The van der Waals surface area contributed by atoms with E-state index in [4.69, 9.17) is 4.74 Å². The lowest BCUT2D eigenvalue weighted by molar-refractivity contribution is -0.139. The van der Waals surface area contributed by atoms with E-state index in [9.17, 15) is 19.8 Å². The third kappa shape index (κ3) is 7.16. The van der Waals surface area contributed by atoms with Crippen LogP contribution in [0.25, 0.3) is 0 Å². The number of hydrogen-bond acceptors (Lipinski definition) is 7. The predicted octanol–water partition coefficient (Wildman–Crippen LogP) is 5.73. The predicted molar refractivity (Wildman–Crippen MR) is 188 cm³/mol. The number of allylic oxidation sites excluding steroid dienone is 1. The summed E-state index contributed by atoms with van der Waals surface area (Å²) in [5, 5.41) is 30.7. The van der Waals surface area contributed by atoms with E-state index in [1.165, 1.54) is 0 Å². The van der Waals surface area contributed by atoms with E-state index in [1.54, 1.807) is 28.8 Å². The van der Waals surface area contributed by atoms with Crippen LogP contribution in [0.3, 0.4) is 0 Å². The second kappa shape index (κ2) is 15.2. The van der Waals surface area contributed by atoms with Crippen molar-refractivity contribution in [3.8, 4) is 5.75 Å². The van der Waals surface area contributed by atoms with Crippen LogP contribution in [-0.2, 0) is 28.3 Å². The molecule has 10 nitrogen and oxygen atoms in total. The Kier molecular flexibility index (Phi) is 10.6. The van der Waals surface area contributed by atoms with Gasteiger partial charge in [0.15, 0.2) is 5.60 Å². The maximum atomic E-state index is 14.1. The topological polar surface area (TPSA) is 121 Å². The Balaban J connectivity index is 1.15. The Morgan fingerprint density at radius 1 is 1.00 bits per heavy atom. The molecule has 2 aliphatic heterocycles. The van der Waals surface area contributed by atoms with Gasteiger partial charge in [0.25, 0.3) is 5.91 Å². The standard InChI is InChI=1S/C39H45N5O5/c1-28(12-9-11-22-42-26-35(40-41-42)33(27-45)30-13-6-5-7-14-30)39(48)34-24-32(49-2)20-21-36(34)44(38(39)47)25-29-16-18-31(19-17-29)43-23-10-4-3-8-15-37(43)46/h5-7,9,12-14,16-21,24,26,28,33,45,48H,3-4,8,10-11,15,22-23,25,27H2,1-2H3/b12-9+/t28-,33?,39+/m1/s1.